The third kappa shape index (κ3) is 6.01. The molecular weight excluding hydrogens is 448 g/mol. The van der Waals surface area contributed by atoms with Gasteiger partial charge in [0.05, 0.1) is 18.7 Å². The van der Waals surface area contributed by atoms with Gasteiger partial charge in [-0.2, -0.15) is 0 Å². The maximum absolute atomic E-state index is 13.8. The van der Waals surface area contributed by atoms with Crippen molar-refractivity contribution in [2.75, 3.05) is 32.7 Å². The average molecular weight is 482 g/mol. The molecule has 0 aromatic heterocycles. The van der Waals surface area contributed by atoms with Gasteiger partial charge in [-0.25, -0.2) is 13.6 Å². The Morgan fingerprint density at radius 3 is 2.44 bits per heavy atom. The van der Waals surface area contributed by atoms with Crippen molar-refractivity contribution in [2.45, 2.75) is 57.3 Å². The Bertz CT molecular complexity index is 882. The first kappa shape index (κ1) is 25.8. The first-order valence-corrected chi connectivity index (χ1v) is 11.7. The van der Waals surface area contributed by atoms with Gasteiger partial charge in [-0.05, 0) is 37.0 Å². The first-order valence-electron chi connectivity index (χ1n) is 11.7. The van der Waals surface area contributed by atoms with E-state index in [0.29, 0.717) is 32.6 Å². The standard InChI is InChI=1S/C23H33F2N5O4/c1-3-7-29-13-18(30(8-4-2)23(29)34)21(32)28-17(11-14-9-15(24)12-16(25)10-14)20(31)19-22(33)27-6-5-26-19/h9-10,12,17-20,26,31H,3-8,11,13H2,1-2H3,(H,27,33)(H,28,32)/t17-,18?,19-,20-/m0/s1. The molecule has 1 aromatic carbocycles. The molecule has 3 rings (SSSR count). The van der Waals surface area contributed by atoms with Crippen molar-refractivity contribution in [2.24, 2.45) is 0 Å². The Hall–Kier alpha value is -2.79. The molecule has 4 N–H and O–H groups in total. The second kappa shape index (κ2) is 11.6. The average Bonchev–Trinajstić information content (AvgIpc) is 3.08. The molecule has 1 unspecified atom stereocenters. The van der Waals surface area contributed by atoms with Gasteiger partial charge in [0.15, 0.2) is 0 Å². The summed E-state index contributed by atoms with van der Waals surface area (Å²) < 4.78 is 27.6. The lowest BCUT2D eigenvalue weighted by Crippen LogP contribution is -2.64. The highest BCUT2D eigenvalue weighted by atomic mass is 19.1. The Labute approximate surface area is 197 Å². The number of carbonyl (C=O) groups is 3. The van der Waals surface area contributed by atoms with E-state index in [1.54, 1.807) is 4.90 Å². The highest BCUT2D eigenvalue weighted by Gasteiger charge is 2.42. The van der Waals surface area contributed by atoms with Gasteiger partial charge in [-0.15, -0.1) is 0 Å². The monoisotopic (exact) mass is 481 g/mol. The number of hydrogen-bond donors (Lipinski definition) is 4. The summed E-state index contributed by atoms with van der Waals surface area (Å²) in [6.07, 6.45) is -0.0788. The first-order chi connectivity index (χ1) is 16.2. The van der Waals surface area contributed by atoms with E-state index in [1.165, 1.54) is 4.90 Å². The molecule has 0 bridgehead atoms. The molecule has 11 heteroatoms. The van der Waals surface area contributed by atoms with E-state index < -0.39 is 47.7 Å². The van der Waals surface area contributed by atoms with E-state index >= 15 is 0 Å². The van der Waals surface area contributed by atoms with Crippen LogP contribution in [0.15, 0.2) is 18.2 Å². The molecule has 188 valence electrons. The Morgan fingerprint density at radius 1 is 1.15 bits per heavy atom. The van der Waals surface area contributed by atoms with Crippen molar-refractivity contribution in [3.8, 4) is 0 Å². The van der Waals surface area contributed by atoms with Crippen LogP contribution in [0.25, 0.3) is 0 Å². The van der Waals surface area contributed by atoms with Crippen molar-refractivity contribution in [3.05, 3.63) is 35.4 Å². The third-order valence-corrected chi connectivity index (χ3v) is 6.08. The number of urea groups is 1. The van der Waals surface area contributed by atoms with Crippen molar-refractivity contribution < 1.29 is 28.3 Å². The largest absolute Gasteiger partial charge is 0.389 e. The van der Waals surface area contributed by atoms with E-state index in [4.69, 9.17) is 0 Å². The van der Waals surface area contributed by atoms with Crippen LogP contribution in [0.4, 0.5) is 13.6 Å². The number of aliphatic hydroxyl groups is 1. The molecule has 1 aromatic rings. The molecule has 2 saturated heterocycles. The van der Waals surface area contributed by atoms with Crippen LogP contribution in [-0.4, -0.2) is 89.7 Å². The minimum absolute atomic E-state index is 0.111. The van der Waals surface area contributed by atoms with Crippen LogP contribution in [-0.2, 0) is 16.0 Å². The zero-order valence-electron chi connectivity index (χ0n) is 19.5. The summed E-state index contributed by atoms with van der Waals surface area (Å²) in [5.74, 6) is -2.48. The molecule has 34 heavy (non-hydrogen) atoms. The van der Waals surface area contributed by atoms with Gasteiger partial charge >= 0.3 is 6.03 Å². The van der Waals surface area contributed by atoms with Gasteiger partial charge in [0.2, 0.25) is 11.8 Å². The third-order valence-electron chi connectivity index (χ3n) is 6.08. The van der Waals surface area contributed by atoms with E-state index in [1.807, 2.05) is 13.8 Å². The zero-order valence-corrected chi connectivity index (χ0v) is 19.5. The van der Waals surface area contributed by atoms with Crippen LogP contribution in [0.1, 0.15) is 32.3 Å². The molecule has 0 spiro atoms. The number of benzene rings is 1. The summed E-state index contributed by atoms with van der Waals surface area (Å²) in [6, 6.07) is -0.0603. The van der Waals surface area contributed by atoms with Gasteiger partial charge < -0.3 is 30.9 Å². The molecule has 9 nitrogen and oxygen atoms in total. The normalized spacial score (nSPS) is 22.5. The topological polar surface area (TPSA) is 114 Å². The smallest absolute Gasteiger partial charge is 0.320 e. The molecule has 4 amide bonds. The van der Waals surface area contributed by atoms with Gasteiger partial charge in [-0.3, -0.25) is 9.59 Å². The Kier molecular flexibility index (Phi) is 8.78. The summed E-state index contributed by atoms with van der Waals surface area (Å²) in [5.41, 5.74) is 0.221. The lowest BCUT2D eigenvalue weighted by molar-refractivity contribution is -0.131. The molecule has 4 atom stereocenters. The fourth-order valence-electron chi connectivity index (χ4n) is 4.52. The van der Waals surface area contributed by atoms with Crippen molar-refractivity contribution >= 4 is 17.8 Å². The number of piperazine rings is 1. The van der Waals surface area contributed by atoms with Crippen LogP contribution >= 0.6 is 0 Å². The maximum Gasteiger partial charge on any atom is 0.320 e. The number of nitrogens with zero attached hydrogens (tertiary/aromatic N) is 2. The minimum Gasteiger partial charge on any atom is -0.389 e. The Morgan fingerprint density at radius 2 is 1.82 bits per heavy atom. The summed E-state index contributed by atoms with van der Waals surface area (Å²) in [5, 5.41) is 19.4. The number of amides is 4. The summed E-state index contributed by atoms with van der Waals surface area (Å²) in [7, 11) is 0. The van der Waals surface area contributed by atoms with Gasteiger partial charge in [0.1, 0.15) is 23.7 Å². The van der Waals surface area contributed by atoms with E-state index in [0.717, 1.165) is 24.6 Å². The summed E-state index contributed by atoms with van der Waals surface area (Å²) in [6.45, 7) is 5.79. The number of aliphatic hydroxyl groups excluding tert-OH is 1. The van der Waals surface area contributed by atoms with Crippen molar-refractivity contribution in [1.82, 2.24) is 25.8 Å². The minimum atomic E-state index is -1.38. The van der Waals surface area contributed by atoms with Crippen LogP contribution in [0.3, 0.4) is 0 Å². The second-order valence-electron chi connectivity index (χ2n) is 8.75. The molecule has 0 radical (unpaired) electrons. The quantitative estimate of drug-likeness (QED) is 0.386. The van der Waals surface area contributed by atoms with Crippen molar-refractivity contribution in [1.29, 1.82) is 0 Å². The number of halogens is 2. The predicted octanol–water partition coefficient (Wildman–Crippen LogP) is 0.367. The molecule has 2 aliphatic rings. The molecule has 0 aliphatic carbocycles. The van der Waals surface area contributed by atoms with Crippen LogP contribution in [0, 0.1) is 11.6 Å². The molecule has 2 fully saturated rings. The molecule has 2 heterocycles. The highest BCUT2D eigenvalue weighted by Crippen LogP contribution is 2.19. The zero-order chi connectivity index (χ0) is 24.8. The molecular formula is C23H33F2N5O4. The lowest BCUT2D eigenvalue weighted by Gasteiger charge is -2.34. The van der Waals surface area contributed by atoms with Crippen LogP contribution < -0.4 is 16.0 Å². The number of rotatable bonds is 10. The fraction of sp³-hybridized carbons (Fsp3) is 0.609. The number of carbonyl (C=O) groups excluding carboxylic acids is 3. The molecule has 0 saturated carbocycles. The van der Waals surface area contributed by atoms with E-state index in [-0.39, 0.29) is 24.6 Å². The number of hydrogen-bond acceptors (Lipinski definition) is 5. The Balaban J connectivity index is 1.83. The molecule has 2 aliphatic heterocycles. The van der Waals surface area contributed by atoms with Crippen LogP contribution in [0.5, 0.6) is 0 Å². The lowest BCUT2D eigenvalue weighted by atomic mass is 9.94. The fourth-order valence-corrected chi connectivity index (χ4v) is 4.52. The summed E-state index contributed by atoms with van der Waals surface area (Å²) >= 11 is 0. The SMILES string of the molecule is CCCN1CC(C(=O)N[C@@H](Cc2cc(F)cc(F)c2)[C@H](O)[C@@H]2NCCNC2=O)N(CCC)C1=O. The van der Waals surface area contributed by atoms with Crippen LogP contribution in [0.2, 0.25) is 0 Å². The van der Waals surface area contributed by atoms with E-state index in [2.05, 4.69) is 16.0 Å². The maximum atomic E-state index is 13.8. The van der Waals surface area contributed by atoms with E-state index in [9.17, 15) is 28.3 Å². The summed E-state index contributed by atoms with van der Waals surface area (Å²) in [4.78, 5) is 41.5. The van der Waals surface area contributed by atoms with Gasteiger partial charge in [0, 0.05) is 32.2 Å². The van der Waals surface area contributed by atoms with Crippen molar-refractivity contribution in [3.63, 3.8) is 0 Å². The van der Waals surface area contributed by atoms with Gasteiger partial charge in [0.25, 0.3) is 0 Å². The number of nitrogens with one attached hydrogen (secondary N) is 3. The highest BCUT2D eigenvalue weighted by molar-refractivity contribution is 5.91. The van der Waals surface area contributed by atoms with Gasteiger partial charge in [-0.1, -0.05) is 13.8 Å². The predicted molar refractivity (Wildman–Crippen MR) is 121 cm³/mol. The second-order valence-corrected chi connectivity index (χ2v) is 8.75.